The van der Waals surface area contributed by atoms with E-state index in [0.29, 0.717) is 45.0 Å². The summed E-state index contributed by atoms with van der Waals surface area (Å²) in [5, 5.41) is 9.98. The second kappa shape index (κ2) is 31.9. The van der Waals surface area contributed by atoms with Crippen LogP contribution in [0.15, 0.2) is 74.9 Å². The standard InChI is InChI=1S/C16H14ClF3N2O4.C15H22ClNO2.C11H13Cl2NO3.C3H8NO5P.C3H9S/c1-8(2)26-14(24)10-6-9(4-5-11(10)17)22-13(23)7-12(16(18,19)20)21(3)15(22)25;1-5-13-8-6-7-11(2)15(13)17(14(18)9-16)12(3)10-19-4;1-11(2)14(10(15)9(12)13)6-8(17-11)7-4-3-5-16-7;5-3(6)1-4-2-10(7,8)9;1-4(2)3/h4-8H,1-3H3;6-8,12H,5,9-10H2,1-4H3;3-5,8-9H,6H2,1-2H3;4H,1-2H2,(H,5,6)(H2,7,8,9);1-3H3/q;;;;+1/p-1. The van der Waals surface area contributed by atoms with Crippen molar-refractivity contribution in [2.45, 2.75) is 89.9 Å². The fraction of sp³-hybridized carbons (Fsp3) is 0.500. The summed E-state index contributed by atoms with van der Waals surface area (Å²) in [7, 11) is -1.18. The summed E-state index contributed by atoms with van der Waals surface area (Å²) in [6, 6.07) is 13.5. The summed E-state index contributed by atoms with van der Waals surface area (Å²) in [5.74, 6) is -1.74. The van der Waals surface area contributed by atoms with Gasteiger partial charge >= 0.3 is 23.8 Å². The summed E-state index contributed by atoms with van der Waals surface area (Å²) >= 11 is 22.9. The highest BCUT2D eigenvalue weighted by Crippen LogP contribution is 2.37. The van der Waals surface area contributed by atoms with Crippen molar-refractivity contribution in [2.75, 3.05) is 62.6 Å². The highest BCUT2D eigenvalue weighted by molar-refractivity contribution is 7.94. The summed E-state index contributed by atoms with van der Waals surface area (Å²) in [6.07, 6.45) is 2.74. The zero-order valence-electron chi connectivity index (χ0n) is 43.9. The number of para-hydroxylation sites is 1. The van der Waals surface area contributed by atoms with Gasteiger partial charge in [-0.15, -0.1) is 11.6 Å². The molecule has 19 nitrogen and oxygen atoms in total. The van der Waals surface area contributed by atoms with Crippen molar-refractivity contribution < 1.29 is 70.4 Å². The van der Waals surface area contributed by atoms with Crippen molar-refractivity contribution in [3.63, 3.8) is 0 Å². The van der Waals surface area contributed by atoms with Crippen molar-refractivity contribution in [2.24, 2.45) is 7.05 Å². The molecule has 2 aromatic carbocycles. The highest BCUT2D eigenvalue weighted by atomic mass is 35.5. The van der Waals surface area contributed by atoms with Gasteiger partial charge in [-0.1, -0.05) is 59.9 Å². The number of carbonyl (C=O) groups excluding carboxylic acids is 3. The molecular formula is C48H65Cl4F3N5O14PS. The van der Waals surface area contributed by atoms with Crippen LogP contribution >= 0.6 is 54.0 Å². The Hall–Kier alpha value is -4.39. The number of methoxy groups -OCH3 is 1. The van der Waals surface area contributed by atoms with Crippen LogP contribution in [-0.4, -0.2) is 128 Å². The summed E-state index contributed by atoms with van der Waals surface area (Å²) in [6.45, 7) is 13.3. The highest BCUT2D eigenvalue weighted by Gasteiger charge is 2.45. The fourth-order valence-corrected chi connectivity index (χ4v) is 7.73. The number of halogens is 7. The predicted octanol–water partition coefficient (Wildman–Crippen LogP) is 7.31. The van der Waals surface area contributed by atoms with E-state index in [9.17, 15) is 51.4 Å². The van der Waals surface area contributed by atoms with Crippen LogP contribution in [0.25, 0.3) is 5.69 Å². The zero-order valence-corrected chi connectivity index (χ0v) is 48.6. The van der Waals surface area contributed by atoms with Gasteiger partial charge in [-0.2, -0.15) is 13.2 Å². The normalized spacial score (nSPS) is 14.9. The Balaban J connectivity index is 0.000000515. The lowest BCUT2D eigenvalue weighted by atomic mass is 10.0. The van der Waals surface area contributed by atoms with Crippen LogP contribution in [-0.2, 0) is 63.7 Å². The summed E-state index contributed by atoms with van der Waals surface area (Å²) in [5.41, 5.74) is -1.53. The third kappa shape index (κ3) is 22.5. The second-order valence-electron chi connectivity index (χ2n) is 17.5. The van der Waals surface area contributed by atoms with Gasteiger partial charge in [-0.05, 0) is 100 Å². The van der Waals surface area contributed by atoms with E-state index in [1.807, 2.05) is 37.4 Å². The van der Waals surface area contributed by atoms with Gasteiger partial charge in [0.15, 0.2) is 4.84 Å². The van der Waals surface area contributed by atoms with E-state index < -0.39 is 72.1 Å². The molecule has 4 aromatic rings. The maximum atomic E-state index is 12.9. The van der Waals surface area contributed by atoms with Gasteiger partial charge in [-0.3, -0.25) is 29.1 Å². The molecule has 3 unspecified atom stereocenters. The number of carbonyl (C=O) groups is 4. The minimum absolute atomic E-state index is 0.0104. The first-order chi connectivity index (χ1) is 35.1. The van der Waals surface area contributed by atoms with Gasteiger partial charge in [0.05, 0.1) is 85.1 Å². The van der Waals surface area contributed by atoms with Crippen LogP contribution in [0.1, 0.15) is 80.6 Å². The van der Waals surface area contributed by atoms with E-state index in [-0.39, 0.29) is 46.1 Å². The molecule has 3 heterocycles. The molecule has 1 saturated heterocycles. The summed E-state index contributed by atoms with van der Waals surface area (Å²) < 4.78 is 70.7. The third-order valence-corrected chi connectivity index (χ3v) is 11.4. The quantitative estimate of drug-likeness (QED) is 0.0457. The number of carboxylic acid groups (broad SMARTS) is 1. The fourth-order valence-electron chi connectivity index (χ4n) is 6.78. The monoisotopic (exact) mass is 1200 g/mol. The molecule has 0 aliphatic carbocycles. The molecule has 76 heavy (non-hydrogen) atoms. The number of ether oxygens (including phenoxy) is 3. The molecule has 1 aliphatic heterocycles. The van der Waals surface area contributed by atoms with Crippen molar-refractivity contribution >= 4 is 94.3 Å². The largest absolute Gasteiger partial charge is 0.778 e. The van der Waals surface area contributed by atoms with Crippen molar-refractivity contribution in [3.8, 4) is 5.69 Å². The van der Waals surface area contributed by atoms with Gasteiger partial charge < -0.3 is 47.9 Å². The molecule has 0 radical (unpaired) electrons. The maximum Gasteiger partial charge on any atom is 0.431 e. The number of aliphatic carboxylic acids is 1. The predicted molar refractivity (Wildman–Crippen MR) is 287 cm³/mol. The molecule has 426 valence electrons. The average Bonchev–Trinajstić information content (AvgIpc) is 3.95. The number of rotatable bonds is 15. The van der Waals surface area contributed by atoms with Gasteiger partial charge in [0.25, 0.3) is 11.5 Å². The van der Waals surface area contributed by atoms with Gasteiger partial charge in [-0.25, -0.2) is 14.2 Å². The molecule has 1 aliphatic rings. The van der Waals surface area contributed by atoms with E-state index in [1.54, 1.807) is 52.0 Å². The Morgan fingerprint density at radius 3 is 2.13 bits per heavy atom. The number of benzene rings is 2. The number of nitrogens with zero attached hydrogens (tertiary/aromatic N) is 4. The molecule has 0 saturated carbocycles. The average molecular weight is 1200 g/mol. The minimum Gasteiger partial charge on any atom is -0.778 e. The number of esters is 1. The molecule has 2 amide bonds. The van der Waals surface area contributed by atoms with Crippen LogP contribution in [0.4, 0.5) is 18.9 Å². The number of nitrogens with one attached hydrogen (secondary N) is 1. The Kier molecular flexibility index (Phi) is 29.2. The van der Waals surface area contributed by atoms with Crippen LogP contribution in [0.3, 0.4) is 0 Å². The smallest absolute Gasteiger partial charge is 0.431 e. The molecule has 0 bridgehead atoms. The van der Waals surface area contributed by atoms with Gasteiger partial charge in [0.1, 0.15) is 36.8 Å². The molecule has 3 atom stereocenters. The Labute approximate surface area is 462 Å². The molecule has 3 N–H and O–H groups in total. The van der Waals surface area contributed by atoms with Crippen LogP contribution in [0.2, 0.25) is 5.02 Å². The van der Waals surface area contributed by atoms with E-state index in [0.717, 1.165) is 36.3 Å². The van der Waals surface area contributed by atoms with Crippen LogP contribution in [0, 0.1) is 6.92 Å². The lowest BCUT2D eigenvalue weighted by molar-refractivity contribution is -0.193. The van der Waals surface area contributed by atoms with E-state index in [1.165, 1.54) is 17.0 Å². The Morgan fingerprint density at radius 2 is 1.66 bits per heavy atom. The number of amides is 2. The molecule has 1 fully saturated rings. The number of anilines is 1. The van der Waals surface area contributed by atoms with Crippen molar-refractivity contribution in [3.05, 3.63) is 115 Å². The van der Waals surface area contributed by atoms with Crippen molar-refractivity contribution in [1.82, 2.24) is 19.4 Å². The van der Waals surface area contributed by atoms with Crippen LogP contribution < -0.4 is 26.4 Å². The molecule has 5 rings (SSSR count). The number of hydrogen-bond acceptors (Lipinski definition) is 13. The van der Waals surface area contributed by atoms with Crippen molar-refractivity contribution in [1.29, 1.82) is 0 Å². The molecular weight excluding hydrogens is 1130 g/mol. The molecule has 2 aromatic heterocycles. The van der Waals surface area contributed by atoms with Gasteiger partial charge in [0, 0.05) is 20.2 Å². The molecule has 0 spiro atoms. The Morgan fingerprint density at radius 1 is 1.05 bits per heavy atom. The second-order valence-corrected chi connectivity index (χ2v) is 23.3. The van der Waals surface area contributed by atoms with E-state index >= 15 is 0 Å². The Bertz CT molecular complexity index is 2700. The third-order valence-electron chi connectivity index (χ3n) is 9.89. The number of aromatic nitrogens is 2. The lowest BCUT2D eigenvalue weighted by Crippen LogP contribution is -2.45. The lowest BCUT2D eigenvalue weighted by Gasteiger charge is -2.31. The number of hydrogen-bond donors (Lipinski definition) is 3. The number of furan rings is 1. The topological polar surface area (TPSA) is 252 Å². The minimum atomic E-state index is -4.86. The first-order valence-corrected chi connectivity index (χ1v) is 28.7. The number of carboxylic acids is 1. The zero-order chi connectivity index (χ0) is 58.6. The van der Waals surface area contributed by atoms with E-state index in [4.69, 9.17) is 75.0 Å². The number of aryl methyl sites for hydroxylation is 2. The first kappa shape index (κ1) is 69.6. The van der Waals surface area contributed by atoms with Crippen LogP contribution in [0.5, 0.6) is 0 Å². The summed E-state index contributed by atoms with van der Waals surface area (Å²) in [4.78, 5) is 90.4. The van der Waals surface area contributed by atoms with Gasteiger partial charge in [0.2, 0.25) is 5.91 Å². The van der Waals surface area contributed by atoms with E-state index in [2.05, 4.69) is 31.8 Å². The first-order valence-electron chi connectivity index (χ1n) is 22.7. The maximum absolute atomic E-state index is 12.9. The molecule has 28 heteroatoms. The number of alkyl halides is 6. The SMILES string of the molecule is CC(C)OC(=O)c1cc(-n2c(=O)cc(C(F)(F)F)n(C)c2=O)ccc1Cl.CC1(C)OC(c2ccco2)CN1C(=O)C(Cl)Cl.CCc1cccc(C)c1N(C(=O)CCl)C(C)COC.C[S+](C)C.O=C(O)CNCP(=O)([O-])O.